The minimum Gasteiger partial charge on any atom is -0.338 e. The topological polar surface area (TPSA) is 41.4 Å². The van der Waals surface area contributed by atoms with E-state index in [9.17, 15) is 4.79 Å². The molecule has 27 heavy (non-hydrogen) atoms. The predicted octanol–water partition coefficient (Wildman–Crippen LogP) is 3.84. The Morgan fingerprint density at radius 2 is 1.78 bits per heavy atom. The maximum absolute atomic E-state index is 13.1. The fourth-order valence-electron chi connectivity index (χ4n) is 4.41. The predicted molar refractivity (Wildman–Crippen MR) is 108 cm³/mol. The van der Waals surface area contributed by atoms with Crippen LogP contribution in [0.15, 0.2) is 24.3 Å². The van der Waals surface area contributed by atoms with E-state index in [0.29, 0.717) is 16.6 Å². The standard InChI is InChI=1S/C21H27ClN4O/c1-15-13-16(2)26(23-15)18-5-6-20(22)19(14-18)21(27)25-11-7-17(8-12-25)24-9-3-4-10-24/h5-6,13-14,17H,3-4,7-12H2,1-2H3. The molecular weight excluding hydrogens is 360 g/mol. The first-order valence-electron chi connectivity index (χ1n) is 9.89. The number of carbonyl (C=O) groups excluding carboxylic acids is 1. The Bertz CT molecular complexity index is 833. The van der Waals surface area contributed by atoms with E-state index in [1.54, 1.807) is 6.07 Å². The lowest BCUT2D eigenvalue weighted by molar-refractivity contribution is 0.0644. The number of aromatic nitrogens is 2. The third kappa shape index (κ3) is 3.76. The summed E-state index contributed by atoms with van der Waals surface area (Å²) in [5.74, 6) is 0.0308. The summed E-state index contributed by atoms with van der Waals surface area (Å²) in [7, 11) is 0. The summed E-state index contributed by atoms with van der Waals surface area (Å²) in [6.07, 6.45) is 4.74. The van der Waals surface area contributed by atoms with Gasteiger partial charge in [0.15, 0.2) is 0 Å². The quantitative estimate of drug-likeness (QED) is 0.804. The molecule has 1 aromatic heterocycles. The number of rotatable bonds is 3. The number of piperidine rings is 1. The number of aryl methyl sites for hydroxylation is 2. The van der Waals surface area contributed by atoms with Gasteiger partial charge in [-0.2, -0.15) is 5.10 Å². The number of benzene rings is 1. The van der Waals surface area contributed by atoms with Crippen LogP contribution < -0.4 is 0 Å². The van der Waals surface area contributed by atoms with Crippen molar-refractivity contribution in [2.24, 2.45) is 0 Å². The van der Waals surface area contributed by atoms with E-state index in [-0.39, 0.29) is 5.91 Å². The summed E-state index contributed by atoms with van der Waals surface area (Å²) in [5.41, 5.74) is 3.45. The first-order valence-corrected chi connectivity index (χ1v) is 10.3. The second kappa shape index (κ2) is 7.64. The smallest absolute Gasteiger partial charge is 0.255 e. The molecule has 2 aromatic rings. The fourth-order valence-corrected chi connectivity index (χ4v) is 4.61. The highest BCUT2D eigenvalue weighted by molar-refractivity contribution is 6.33. The van der Waals surface area contributed by atoms with Crippen LogP contribution in [0.1, 0.15) is 47.4 Å². The molecule has 0 radical (unpaired) electrons. The molecule has 0 aliphatic carbocycles. The van der Waals surface area contributed by atoms with Crippen molar-refractivity contribution in [2.45, 2.75) is 45.6 Å². The van der Waals surface area contributed by atoms with E-state index in [1.165, 1.54) is 25.9 Å². The Labute approximate surface area is 165 Å². The van der Waals surface area contributed by atoms with Gasteiger partial charge in [-0.05, 0) is 76.9 Å². The summed E-state index contributed by atoms with van der Waals surface area (Å²) in [6.45, 7) is 8.03. The molecule has 0 unspecified atom stereocenters. The van der Waals surface area contributed by atoms with E-state index >= 15 is 0 Å². The van der Waals surface area contributed by atoms with Gasteiger partial charge in [0, 0.05) is 24.8 Å². The molecule has 144 valence electrons. The zero-order valence-electron chi connectivity index (χ0n) is 16.1. The van der Waals surface area contributed by atoms with Crippen molar-refractivity contribution in [3.63, 3.8) is 0 Å². The minimum atomic E-state index is 0.0308. The zero-order valence-corrected chi connectivity index (χ0v) is 16.9. The molecule has 0 saturated carbocycles. The number of nitrogens with zero attached hydrogens (tertiary/aromatic N) is 4. The number of hydrogen-bond acceptors (Lipinski definition) is 3. The summed E-state index contributed by atoms with van der Waals surface area (Å²) in [5, 5.41) is 5.03. The summed E-state index contributed by atoms with van der Waals surface area (Å²) >= 11 is 6.39. The van der Waals surface area contributed by atoms with E-state index in [0.717, 1.165) is 43.0 Å². The van der Waals surface area contributed by atoms with Crippen molar-refractivity contribution in [3.05, 3.63) is 46.2 Å². The first kappa shape index (κ1) is 18.5. The molecule has 4 rings (SSSR count). The SMILES string of the molecule is Cc1cc(C)n(-c2ccc(Cl)c(C(=O)N3CCC(N4CCCC4)CC3)c2)n1. The number of likely N-dealkylation sites (tertiary alicyclic amines) is 2. The average molecular weight is 387 g/mol. The Balaban J connectivity index is 1.50. The van der Waals surface area contributed by atoms with Gasteiger partial charge >= 0.3 is 0 Å². The Kier molecular flexibility index (Phi) is 5.24. The van der Waals surface area contributed by atoms with Crippen LogP contribution in [0.5, 0.6) is 0 Å². The molecule has 2 aliphatic heterocycles. The first-order chi connectivity index (χ1) is 13.0. The lowest BCUT2D eigenvalue weighted by Gasteiger charge is -2.36. The van der Waals surface area contributed by atoms with Crippen molar-refractivity contribution < 1.29 is 4.79 Å². The van der Waals surface area contributed by atoms with Crippen LogP contribution in [0, 0.1) is 13.8 Å². The van der Waals surface area contributed by atoms with Crippen molar-refractivity contribution in [3.8, 4) is 5.69 Å². The van der Waals surface area contributed by atoms with Crippen LogP contribution in [0.2, 0.25) is 5.02 Å². The molecule has 5 nitrogen and oxygen atoms in total. The second-order valence-electron chi connectivity index (χ2n) is 7.77. The van der Waals surface area contributed by atoms with Crippen LogP contribution in [0.25, 0.3) is 5.69 Å². The normalized spacial score (nSPS) is 19.0. The summed E-state index contributed by atoms with van der Waals surface area (Å²) in [6, 6.07) is 8.25. The highest BCUT2D eigenvalue weighted by Crippen LogP contribution is 2.26. The lowest BCUT2D eigenvalue weighted by atomic mass is 10.0. The van der Waals surface area contributed by atoms with Gasteiger partial charge in [-0.3, -0.25) is 4.79 Å². The molecule has 6 heteroatoms. The van der Waals surface area contributed by atoms with Crippen LogP contribution in [0.3, 0.4) is 0 Å². The van der Waals surface area contributed by atoms with Gasteiger partial charge in [-0.15, -0.1) is 0 Å². The number of halogens is 1. The van der Waals surface area contributed by atoms with Crippen LogP contribution >= 0.6 is 11.6 Å². The maximum Gasteiger partial charge on any atom is 0.255 e. The second-order valence-corrected chi connectivity index (χ2v) is 8.18. The van der Waals surface area contributed by atoms with Gasteiger partial charge in [-0.1, -0.05) is 11.6 Å². The van der Waals surface area contributed by atoms with Crippen molar-refractivity contribution in [1.82, 2.24) is 19.6 Å². The van der Waals surface area contributed by atoms with Gasteiger partial charge in [0.1, 0.15) is 0 Å². The number of carbonyl (C=O) groups is 1. The minimum absolute atomic E-state index is 0.0308. The van der Waals surface area contributed by atoms with E-state index < -0.39 is 0 Å². The largest absolute Gasteiger partial charge is 0.338 e. The highest BCUT2D eigenvalue weighted by atomic mass is 35.5. The molecule has 0 atom stereocenters. The zero-order chi connectivity index (χ0) is 19.0. The highest BCUT2D eigenvalue weighted by Gasteiger charge is 2.29. The van der Waals surface area contributed by atoms with Gasteiger partial charge in [0.25, 0.3) is 5.91 Å². The van der Waals surface area contributed by atoms with Crippen molar-refractivity contribution in [1.29, 1.82) is 0 Å². The van der Waals surface area contributed by atoms with Gasteiger partial charge < -0.3 is 9.80 Å². The van der Waals surface area contributed by atoms with E-state index in [1.807, 2.05) is 41.6 Å². The average Bonchev–Trinajstić information content (AvgIpc) is 3.31. The molecule has 0 bridgehead atoms. The van der Waals surface area contributed by atoms with Crippen molar-refractivity contribution in [2.75, 3.05) is 26.2 Å². The maximum atomic E-state index is 13.1. The molecule has 0 spiro atoms. The third-order valence-corrected chi connectivity index (χ3v) is 6.17. The monoisotopic (exact) mass is 386 g/mol. The van der Waals surface area contributed by atoms with E-state index in [2.05, 4.69) is 10.00 Å². The molecule has 1 amide bonds. The number of amides is 1. The Morgan fingerprint density at radius 3 is 2.41 bits per heavy atom. The molecule has 2 fully saturated rings. The van der Waals surface area contributed by atoms with Gasteiger partial charge in [0.05, 0.1) is 22.0 Å². The lowest BCUT2D eigenvalue weighted by Crippen LogP contribution is -2.46. The van der Waals surface area contributed by atoms with Crippen LogP contribution in [0.4, 0.5) is 0 Å². The Morgan fingerprint density at radius 1 is 1.07 bits per heavy atom. The number of hydrogen-bond donors (Lipinski definition) is 0. The molecule has 3 heterocycles. The molecule has 2 saturated heterocycles. The third-order valence-electron chi connectivity index (χ3n) is 5.84. The molecule has 0 N–H and O–H groups in total. The molecule has 2 aliphatic rings. The Hall–Kier alpha value is -1.85. The molecular formula is C21H27ClN4O. The summed E-state index contributed by atoms with van der Waals surface area (Å²) < 4.78 is 1.86. The summed E-state index contributed by atoms with van der Waals surface area (Å²) in [4.78, 5) is 17.7. The van der Waals surface area contributed by atoms with E-state index in [4.69, 9.17) is 11.6 Å². The van der Waals surface area contributed by atoms with Gasteiger partial charge in [-0.25, -0.2) is 4.68 Å². The molecule has 1 aromatic carbocycles. The van der Waals surface area contributed by atoms with Crippen LogP contribution in [-0.2, 0) is 0 Å². The van der Waals surface area contributed by atoms with Gasteiger partial charge in [0.2, 0.25) is 0 Å². The van der Waals surface area contributed by atoms with Crippen LogP contribution in [-0.4, -0.2) is 57.7 Å². The van der Waals surface area contributed by atoms with Crippen molar-refractivity contribution >= 4 is 17.5 Å². The fraction of sp³-hybridized carbons (Fsp3) is 0.524.